The second-order valence-corrected chi connectivity index (χ2v) is 6.29. The Balaban J connectivity index is 0.00000200. The van der Waals surface area contributed by atoms with E-state index in [1.54, 1.807) is 11.3 Å². The van der Waals surface area contributed by atoms with Crippen molar-refractivity contribution in [1.82, 2.24) is 10.2 Å². The minimum atomic E-state index is 0. The highest BCUT2D eigenvalue weighted by Gasteiger charge is 2.26. The lowest BCUT2D eigenvalue weighted by atomic mass is 9.95. The van der Waals surface area contributed by atoms with Crippen LogP contribution in [0.1, 0.15) is 37.5 Å². The fraction of sp³-hybridized carbons (Fsp3) is 0.667. The highest BCUT2D eigenvalue weighted by Crippen LogP contribution is 2.25. The summed E-state index contributed by atoms with van der Waals surface area (Å²) in [4.78, 5) is 15.7. The first-order valence-corrected chi connectivity index (χ1v) is 8.13. The number of carbonyl (C=O) groups excluding carboxylic acids is 1. The number of carbonyl (C=O) groups is 1. The van der Waals surface area contributed by atoms with Gasteiger partial charge in [0.15, 0.2) is 0 Å². The SMILES string of the molecule is CCNCC1CCN(C(=O)C(C)c2cccs2)CC1.Cl. The van der Waals surface area contributed by atoms with Crippen LogP contribution in [0, 0.1) is 5.92 Å². The molecule has 1 aromatic heterocycles. The van der Waals surface area contributed by atoms with Gasteiger partial charge in [-0.15, -0.1) is 23.7 Å². The second-order valence-electron chi connectivity index (χ2n) is 5.31. The molecular weight excluding hydrogens is 292 g/mol. The highest BCUT2D eigenvalue weighted by atomic mass is 35.5. The van der Waals surface area contributed by atoms with Gasteiger partial charge in [-0.25, -0.2) is 0 Å². The van der Waals surface area contributed by atoms with Crippen molar-refractivity contribution in [3.63, 3.8) is 0 Å². The molecule has 2 heterocycles. The highest BCUT2D eigenvalue weighted by molar-refractivity contribution is 7.10. The Bertz CT molecular complexity index is 389. The molecule has 1 N–H and O–H groups in total. The molecule has 0 spiro atoms. The van der Waals surface area contributed by atoms with E-state index in [0.717, 1.165) is 44.9 Å². The van der Waals surface area contributed by atoms with Gasteiger partial charge in [0.05, 0.1) is 5.92 Å². The number of thiophene rings is 1. The van der Waals surface area contributed by atoms with Gasteiger partial charge in [-0.3, -0.25) is 4.79 Å². The number of hydrogen-bond donors (Lipinski definition) is 1. The number of rotatable bonds is 5. The Hall–Kier alpha value is -0.580. The van der Waals surface area contributed by atoms with E-state index >= 15 is 0 Å². The molecule has 0 saturated carbocycles. The third-order valence-corrected chi connectivity index (χ3v) is 5.00. The summed E-state index contributed by atoms with van der Waals surface area (Å²) in [6, 6.07) is 4.08. The molecule has 1 aromatic rings. The minimum Gasteiger partial charge on any atom is -0.342 e. The van der Waals surface area contributed by atoms with Crippen LogP contribution >= 0.6 is 23.7 Å². The first-order chi connectivity index (χ1) is 9.22. The third kappa shape index (κ3) is 4.47. The molecule has 0 radical (unpaired) electrons. The van der Waals surface area contributed by atoms with E-state index in [0.29, 0.717) is 5.91 Å². The third-order valence-electron chi connectivity index (χ3n) is 3.95. The van der Waals surface area contributed by atoms with Gasteiger partial charge in [-0.2, -0.15) is 0 Å². The molecule has 1 fully saturated rings. The Morgan fingerprint density at radius 3 is 2.75 bits per heavy atom. The molecule has 1 aliphatic heterocycles. The zero-order valence-electron chi connectivity index (χ0n) is 12.3. The van der Waals surface area contributed by atoms with Gasteiger partial charge < -0.3 is 10.2 Å². The van der Waals surface area contributed by atoms with Crippen molar-refractivity contribution in [3.8, 4) is 0 Å². The van der Waals surface area contributed by atoms with E-state index in [2.05, 4.69) is 18.3 Å². The second kappa shape index (κ2) is 8.65. The normalized spacial score (nSPS) is 17.6. The molecule has 1 atom stereocenters. The van der Waals surface area contributed by atoms with Crippen LogP contribution in [-0.2, 0) is 4.79 Å². The lowest BCUT2D eigenvalue weighted by molar-refractivity contribution is -0.133. The summed E-state index contributed by atoms with van der Waals surface area (Å²) in [5, 5.41) is 5.45. The first kappa shape index (κ1) is 17.5. The smallest absolute Gasteiger partial charge is 0.230 e. The number of amides is 1. The maximum atomic E-state index is 12.4. The van der Waals surface area contributed by atoms with Crippen LogP contribution < -0.4 is 5.32 Å². The molecule has 1 unspecified atom stereocenters. The minimum absolute atomic E-state index is 0. The number of likely N-dealkylation sites (tertiary alicyclic amines) is 1. The number of nitrogens with zero attached hydrogens (tertiary/aromatic N) is 1. The van der Waals surface area contributed by atoms with Crippen LogP contribution in [0.5, 0.6) is 0 Å². The molecule has 114 valence electrons. The Kier molecular flexibility index (Phi) is 7.56. The van der Waals surface area contributed by atoms with Crippen molar-refractivity contribution < 1.29 is 4.79 Å². The average molecular weight is 317 g/mol. The molecule has 0 aromatic carbocycles. The summed E-state index contributed by atoms with van der Waals surface area (Å²) in [5.41, 5.74) is 0. The van der Waals surface area contributed by atoms with E-state index < -0.39 is 0 Å². The molecule has 2 rings (SSSR count). The van der Waals surface area contributed by atoms with Gasteiger partial charge in [0.1, 0.15) is 0 Å². The van der Waals surface area contributed by atoms with E-state index in [4.69, 9.17) is 0 Å². The molecule has 0 aliphatic carbocycles. The molecule has 5 heteroatoms. The van der Waals surface area contributed by atoms with Crippen molar-refractivity contribution in [2.45, 2.75) is 32.6 Å². The van der Waals surface area contributed by atoms with Crippen LogP contribution in [0.2, 0.25) is 0 Å². The van der Waals surface area contributed by atoms with Crippen molar-refractivity contribution in [2.75, 3.05) is 26.2 Å². The summed E-state index contributed by atoms with van der Waals surface area (Å²) in [6.07, 6.45) is 2.27. The van der Waals surface area contributed by atoms with Crippen LogP contribution in [0.15, 0.2) is 17.5 Å². The van der Waals surface area contributed by atoms with Crippen molar-refractivity contribution >= 4 is 29.7 Å². The fourth-order valence-electron chi connectivity index (χ4n) is 2.64. The topological polar surface area (TPSA) is 32.3 Å². The van der Waals surface area contributed by atoms with Crippen LogP contribution in [0.3, 0.4) is 0 Å². The van der Waals surface area contributed by atoms with Gasteiger partial charge in [-0.1, -0.05) is 13.0 Å². The van der Waals surface area contributed by atoms with Gasteiger partial charge in [0, 0.05) is 18.0 Å². The number of halogens is 1. The summed E-state index contributed by atoms with van der Waals surface area (Å²) in [5.74, 6) is 1.05. The van der Waals surface area contributed by atoms with Crippen molar-refractivity contribution in [3.05, 3.63) is 22.4 Å². The van der Waals surface area contributed by atoms with E-state index in [1.165, 1.54) is 4.88 Å². The van der Waals surface area contributed by atoms with E-state index in [1.807, 2.05) is 23.3 Å². The predicted molar refractivity (Wildman–Crippen MR) is 87.8 cm³/mol. The summed E-state index contributed by atoms with van der Waals surface area (Å²) in [6.45, 7) is 8.14. The van der Waals surface area contributed by atoms with Gasteiger partial charge in [0.25, 0.3) is 0 Å². The zero-order chi connectivity index (χ0) is 13.7. The van der Waals surface area contributed by atoms with Gasteiger partial charge in [-0.05, 0) is 50.2 Å². The quantitative estimate of drug-likeness (QED) is 0.905. The lowest BCUT2D eigenvalue weighted by Crippen LogP contribution is -2.42. The molecule has 3 nitrogen and oxygen atoms in total. The van der Waals surface area contributed by atoms with E-state index in [9.17, 15) is 4.79 Å². The van der Waals surface area contributed by atoms with Crippen molar-refractivity contribution in [1.29, 1.82) is 0 Å². The molecule has 0 bridgehead atoms. The first-order valence-electron chi connectivity index (χ1n) is 7.25. The van der Waals surface area contributed by atoms with Crippen LogP contribution in [0.4, 0.5) is 0 Å². The number of hydrogen-bond acceptors (Lipinski definition) is 3. The Morgan fingerprint density at radius 1 is 1.50 bits per heavy atom. The molecule has 1 saturated heterocycles. The maximum absolute atomic E-state index is 12.4. The fourth-order valence-corrected chi connectivity index (χ4v) is 3.42. The molecular formula is C15H25ClN2OS. The van der Waals surface area contributed by atoms with Crippen LogP contribution in [-0.4, -0.2) is 37.0 Å². The lowest BCUT2D eigenvalue weighted by Gasteiger charge is -2.33. The summed E-state index contributed by atoms with van der Waals surface area (Å²) >= 11 is 1.68. The predicted octanol–water partition coefficient (Wildman–Crippen LogP) is 3.12. The molecule has 1 aliphatic rings. The Morgan fingerprint density at radius 2 is 2.20 bits per heavy atom. The standard InChI is InChI=1S/C15H24N2OS.ClH/c1-3-16-11-13-6-8-17(9-7-13)15(18)12(2)14-5-4-10-19-14;/h4-5,10,12-13,16H,3,6-9,11H2,1-2H3;1H. The Labute approximate surface area is 132 Å². The summed E-state index contributed by atoms with van der Waals surface area (Å²) < 4.78 is 0. The van der Waals surface area contributed by atoms with Crippen molar-refractivity contribution in [2.24, 2.45) is 5.92 Å². The summed E-state index contributed by atoms with van der Waals surface area (Å²) in [7, 11) is 0. The van der Waals surface area contributed by atoms with Gasteiger partial charge in [0.2, 0.25) is 5.91 Å². The average Bonchev–Trinajstić information content (AvgIpc) is 2.98. The monoisotopic (exact) mass is 316 g/mol. The van der Waals surface area contributed by atoms with Gasteiger partial charge >= 0.3 is 0 Å². The van der Waals surface area contributed by atoms with Crippen LogP contribution in [0.25, 0.3) is 0 Å². The molecule has 20 heavy (non-hydrogen) atoms. The molecule has 1 amide bonds. The number of nitrogens with one attached hydrogen (secondary N) is 1. The maximum Gasteiger partial charge on any atom is 0.230 e. The van der Waals surface area contributed by atoms with E-state index in [-0.39, 0.29) is 18.3 Å². The number of piperidine rings is 1. The zero-order valence-corrected chi connectivity index (χ0v) is 13.9. The largest absolute Gasteiger partial charge is 0.342 e.